The van der Waals surface area contributed by atoms with Crippen LogP contribution in [0.3, 0.4) is 0 Å². The summed E-state index contributed by atoms with van der Waals surface area (Å²) in [5.74, 6) is 0.101. The van der Waals surface area contributed by atoms with Crippen molar-refractivity contribution in [2.45, 2.75) is 76.5 Å². The predicted molar refractivity (Wildman–Crippen MR) is 80.9 cm³/mol. The maximum atomic E-state index is 11.7. The smallest absolute Gasteiger partial charge is 0.220 e. The van der Waals surface area contributed by atoms with Crippen LogP contribution in [0.4, 0.5) is 0 Å². The van der Waals surface area contributed by atoms with Gasteiger partial charge in [-0.2, -0.15) is 0 Å². The summed E-state index contributed by atoms with van der Waals surface area (Å²) in [5, 5.41) is 2.66. The van der Waals surface area contributed by atoms with Crippen molar-refractivity contribution in [1.82, 2.24) is 10.0 Å². The van der Waals surface area contributed by atoms with E-state index in [0.717, 1.165) is 19.3 Å². The maximum absolute atomic E-state index is 11.7. The van der Waals surface area contributed by atoms with Crippen molar-refractivity contribution < 1.29 is 13.2 Å². The third kappa shape index (κ3) is 6.70. The summed E-state index contributed by atoms with van der Waals surface area (Å²) in [6, 6.07) is 0.357. The molecule has 5 nitrogen and oxygen atoms in total. The average molecular weight is 304 g/mol. The van der Waals surface area contributed by atoms with Crippen molar-refractivity contribution in [2.24, 2.45) is 0 Å². The Labute approximate surface area is 122 Å². The number of amides is 1. The standard InChI is InChI=1S/C14H28N2O3S/c1-12(2)20(18,19)15-11-7-6-10-14(17)16-13-8-4-3-5-9-13/h12-13,15H,3-11H2,1-2H3,(H,16,17). The molecule has 1 saturated carbocycles. The molecule has 0 aromatic rings. The second-order valence-corrected chi connectivity index (χ2v) is 8.17. The minimum atomic E-state index is -3.17. The van der Waals surface area contributed by atoms with Gasteiger partial charge in [-0.15, -0.1) is 0 Å². The molecule has 1 aliphatic rings. The van der Waals surface area contributed by atoms with Crippen molar-refractivity contribution in [1.29, 1.82) is 0 Å². The SMILES string of the molecule is CC(C)S(=O)(=O)NCCCCC(=O)NC1CCCCC1. The zero-order chi connectivity index (χ0) is 15.0. The van der Waals surface area contributed by atoms with Gasteiger partial charge in [0.2, 0.25) is 15.9 Å². The number of unbranched alkanes of at least 4 members (excludes halogenated alkanes) is 1. The van der Waals surface area contributed by atoms with Crippen LogP contribution < -0.4 is 10.0 Å². The van der Waals surface area contributed by atoms with E-state index in [2.05, 4.69) is 10.0 Å². The molecule has 0 atom stereocenters. The average Bonchev–Trinajstić information content (AvgIpc) is 2.39. The number of nitrogens with one attached hydrogen (secondary N) is 2. The molecule has 1 amide bonds. The van der Waals surface area contributed by atoms with Crippen molar-refractivity contribution in [2.75, 3.05) is 6.54 Å². The van der Waals surface area contributed by atoms with E-state index in [1.165, 1.54) is 19.3 Å². The van der Waals surface area contributed by atoms with Gasteiger partial charge in [-0.05, 0) is 39.5 Å². The van der Waals surface area contributed by atoms with E-state index in [0.29, 0.717) is 25.4 Å². The number of sulfonamides is 1. The van der Waals surface area contributed by atoms with Gasteiger partial charge in [0.05, 0.1) is 5.25 Å². The molecule has 0 unspecified atom stereocenters. The third-order valence-electron chi connectivity index (χ3n) is 3.72. The topological polar surface area (TPSA) is 75.3 Å². The van der Waals surface area contributed by atoms with Gasteiger partial charge in [0.15, 0.2) is 0 Å². The van der Waals surface area contributed by atoms with Gasteiger partial charge in [-0.25, -0.2) is 13.1 Å². The fourth-order valence-corrected chi connectivity index (χ4v) is 3.10. The monoisotopic (exact) mass is 304 g/mol. The van der Waals surface area contributed by atoms with Crippen LogP contribution in [-0.4, -0.2) is 32.2 Å². The first-order valence-corrected chi connectivity index (χ1v) is 9.24. The number of rotatable bonds is 8. The molecule has 0 bridgehead atoms. The molecule has 1 aliphatic carbocycles. The summed E-state index contributed by atoms with van der Waals surface area (Å²) in [5.41, 5.74) is 0. The molecule has 118 valence electrons. The third-order valence-corrected chi connectivity index (χ3v) is 5.57. The molecule has 6 heteroatoms. The zero-order valence-electron chi connectivity index (χ0n) is 12.7. The molecule has 0 spiro atoms. The van der Waals surface area contributed by atoms with Gasteiger partial charge in [-0.1, -0.05) is 19.3 Å². The van der Waals surface area contributed by atoms with E-state index >= 15 is 0 Å². The highest BCUT2D eigenvalue weighted by Gasteiger charge is 2.16. The molecule has 1 fully saturated rings. The first-order chi connectivity index (χ1) is 9.42. The zero-order valence-corrected chi connectivity index (χ0v) is 13.5. The first kappa shape index (κ1) is 17.4. The Morgan fingerprint density at radius 2 is 1.80 bits per heavy atom. The van der Waals surface area contributed by atoms with Gasteiger partial charge < -0.3 is 5.32 Å². The highest BCUT2D eigenvalue weighted by atomic mass is 32.2. The predicted octanol–water partition coefficient (Wildman–Crippen LogP) is 1.93. The summed E-state index contributed by atoms with van der Waals surface area (Å²) in [6.07, 6.45) is 7.80. The number of hydrogen-bond acceptors (Lipinski definition) is 3. The molecule has 0 aliphatic heterocycles. The van der Waals surface area contributed by atoms with Crippen LogP contribution in [0, 0.1) is 0 Å². The molecule has 0 aromatic carbocycles. The Hall–Kier alpha value is -0.620. The van der Waals surface area contributed by atoms with Crippen LogP contribution in [0.15, 0.2) is 0 Å². The lowest BCUT2D eigenvalue weighted by Crippen LogP contribution is -2.36. The number of carbonyl (C=O) groups is 1. The fourth-order valence-electron chi connectivity index (χ4n) is 2.34. The van der Waals surface area contributed by atoms with Crippen LogP contribution in [0.5, 0.6) is 0 Å². The van der Waals surface area contributed by atoms with Crippen LogP contribution in [0.1, 0.15) is 65.2 Å². The first-order valence-electron chi connectivity index (χ1n) is 7.69. The van der Waals surface area contributed by atoms with Crippen LogP contribution in [0.25, 0.3) is 0 Å². The quantitative estimate of drug-likeness (QED) is 0.673. The number of carbonyl (C=O) groups excluding carboxylic acids is 1. The van der Waals surface area contributed by atoms with Crippen molar-refractivity contribution in [3.05, 3.63) is 0 Å². The lowest BCUT2D eigenvalue weighted by atomic mass is 9.95. The molecule has 0 saturated heterocycles. The molecular weight excluding hydrogens is 276 g/mol. The molecular formula is C14H28N2O3S. The highest BCUT2D eigenvalue weighted by Crippen LogP contribution is 2.17. The van der Waals surface area contributed by atoms with E-state index in [1.54, 1.807) is 13.8 Å². The minimum Gasteiger partial charge on any atom is -0.353 e. The Balaban J connectivity index is 2.07. The summed E-state index contributed by atoms with van der Waals surface area (Å²) in [4.78, 5) is 11.7. The van der Waals surface area contributed by atoms with Crippen LogP contribution >= 0.6 is 0 Å². The maximum Gasteiger partial charge on any atom is 0.220 e. The second-order valence-electron chi connectivity index (χ2n) is 5.85. The van der Waals surface area contributed by atoms with E-state index in [4.69, 9.17) is 0 Å². The fraction of sp³-hybridized carbons (Fsp3) is 0.929. The summed E-state index contributed by atoms with van der Waals surface area (Å²) >= 11 is 0. The normalized spacial score (nSPS) is 17.4. The Kier molecular flexibility index (Phi) is 7.51. The molecule has 0 aromatic heterocycles. The van der Waals surface area contributed by atoms with E-state index in [-0.39, 0.29) is 5.91 Å². The van der Waals surface area contributed by atoms with Crippen molar-refractivity contribution in [3.8, 4) is 0 Å². The lowest BCUT2D eigenvalue weighted by Gasteiger charge is -2.22. The second kappa shape index (κ2) is 8.62. The molecule has 0 radical (unpaired) electrons. The van der Waals surface area contributed by atoms with Gasteiger partial charge in [0, 0.05) is 19.0 Å². The Morgan fingerprint density at radius 1 is 1.15 bits per heavy atom. The van der Waals surface area contributed by atoms with Gasteiger partial charge in [0.25, 0.3) is 0 Å². The Bertz CT molecular complexity index is 387. The minimum absolute atomic E-state index is 0.101. The summed E-state index contributed by atoms with van der Waals surface area (Å²) < 4.78 is 25.6. The van der Waals surface area contributed by atoms with Gasteiger partial charge >= 0.3 is 0 Å². The largest absolute Gasteiger partial charge is 0.353 e. The molecule has 1 rings (SSSR count). The molecule has 20 heavy (non-hydrogen) atoms. The van der Waals surface area contributed by atoms with E-state index in [1.807, 2.05) is 0 Å². The summed E-state index contributed by atoms with van der Waals surface area (Å²) in [6.45, 7) is 3.72. The van der Waals surface area contributed by atoms with E-state index in [9.17, 15) is 13.2 Å². The van der Waals surface area contributed by atoms with Crippen LogP contribution in [-0.2, 0) is 14.8 Å². The van der Waals surface area contributed by atoms with Gasteiger partial charge in [0.1, 0.15) is 0 Å². The molecule has 2 N–H and O–H groups in total. The highest BCUT2D eigenvalue weighted by molar-refractivity contribution is 7.90. The summed E-state index contributed by atoms with van der Waals surface area (Å²) in [7, 11) is -3.17. The van der Waals surface area contributed by atoms with Crippen molar-refractivity contribution in [3.63, 3.8) is 0 Å². The van der Waals surface area contributed by atoms with Gasteiger partial charge in [-0.3, -0.25) is 4.79 Å². The number of hydrogen-bond donors (Lipinski definition) is 2. The lowest BCUT2D eigenvalue weighted by molar-refractivity contribution is -0.122. The van der Waals surface area contributed by atoms with Crippen molar-refractivity contribution >= 4 is 15.9 Å². The van der Waals surface area contributed by atoms with Crippen LogP contribution in [0.2, 0.25) is 0 Å². The van der Waals surface area contributed by atoms with E-state index < -0.39 is 15.3 Å². The molecule has 0 heterocycles. The Morgan fingerprint density at radius 3 is 2.40 bits per heavy atom.